The summed E-state index contributed by atoms with van der Waals surface area (Å²) in [6.45, 7) is 8.42. The molecule has 3 heterocycles. The van der Waals surface area contributed by atoms with E-state index in [-0.39, 0.29) is 0 Å². The van der Waals surface area contributed by atoms with Gasteiger partial charge in [-0.2, -0.15) is 5.10 Å². The molecule has 124 valence electrons. The second-order valence-corrected chi connectivity index (χ2v) is 7.17. The van der Waals surface area contributed by atoms with Crippen LogP contribution < -0.4 is 0 Å². The third-order valence-electron chi connectivity index (χ3n) is 5.88. The number of fused-ring (bicyclic) bond motifs is 1. The Bertz CT molecular complexity index is 662. The van der Waals surface area contributed by atoms with Gasteiger partial charge in [-0.15, -0.1) is 0 Å². The first-order valence-electron chi connectivity index (χ1n) is 9.04. The Hall–Kier alpha value is -1.39. The number of piperidine rings is 1. The van der Waals surface area contributed by atoms with Gasteiger partial charge in [0.05, 0.1) is 11.2 Å². The van der Waals surface area contributed by atoms with E-state index in [4.69, 9.17) is 9.84 Å². The highest BCUT2D eigenvalue weighted by atomic mass is 16.5. The van der Waals surface area contributed by atoms with Crippen LogP contribution in [0.5, 0.6) is 0 Å². The SMILES string of the molecule is CCn1nc(CN2CCC3(CCOCC3)CC2)c2ccccc21. The monoisotopic (exact) mass is 313 g/mol. The van der Waals surface area contributed by atoms with Crippen LogP contribution in [0.25, 0.3) is 10.9 Å². The molecule has 23 heavy (non-hydrogen) atoms. The van der Waals surface area contributed by atoms with E-state index < -0.39 is 0 Å². The number of aryl methyl sites for hydroxylation is 1. The highest BCUT2D eigenvalue weighted by Gasteiger charge is 2.36. The van der Waals surface area contributed by atoms with Gasteiger partial charge >= 0.3 is 0 Å². The predicted octanol–water partition coefficient (Wildman–Crippen LogP) is 3.45. The maximum Gasteiger partial charge on any atom is 0.0843 e. The molecule has 1 aromatic carbocycles. The Morgan fingerprint density at radius 3 is 2.57 bits per heavy atom. The Morgan fingerprint density at radius 1 is 1.09 bits per heavy atom. The standard InChI is InChI=1S/C19H27N3O/c1-2-22-18-6-4-3-5-16(18)17(20-22)15-21-11-7-19(8-12-21)9-13-23-14-10-19/h3-6H,2,7-15H2,1H3. The van der Waals surface area contributed by atoms with Crippen LogP contribution in [0, 0.1) is 5.41 Å². The van der Waals surface area contributed by atoms with Gasteiger partial charge in [0.15, 0.2) is 0 Å². The average Bonchev–Trinajstić information content (AvgIpc) is 2.96. The van der Waals surface area contributed by atoms with Crippen molar-refractivity contribution in [3.8, 4) is 0 Å². The van der Waals surface area contributed by atoms with Crippen LogP contribution in [-0.2, 0) is 17.8 Å². The summed E-state index contributed by atoms with van der Waals surface area (Å²) in [5, 5.41) is 6.18. The number of benzene rings is 1. The maximum atomic E-state index is 5.56. The molecule has 0 radical (unpaired) electrons. The summed E-state index contributed by atoms with van der Waals surface area (Å²) in [5.74, 6) is 0. The first kappa shape index (κ1) is 15.2. The summed E-state index contributed by atoms with van der Waals surface area (Å²) < 4.78 is 7.69. The van der Waals surface area contributed by atoms with E-state index >= 15 is 0 Å². The molecule has 0 atom stereocenters. The lowest BCUT2D eigenvalue weighted by Gasteiger charge is -2.44. The Labute approximate surface area is 138 Å². The predicted molar refractivity (Wildman–Crippen MR) is 92.4 cm³/mol. The lowest BCUT2D eigenvalue weighted by molar-refractivity contribution is -0.0219. The molecule has 2 aromatic rings. The van der Waals surface area contributed by atoms with Gasteiger partial charge in [0.2, 0.25) is 0 Å². The maximum absolute atomic E-state index is 5.56. The van der Waals surface area contributed by atoms with E-state index in [9.17, 15) is 0 Å². The molecule has 0 bridgehead atoms. The molecule has 1 aromatic heterocycles. The molecule has 2 saturated heterocycles. The molecule has 0 aliphatic carbocycles. The van der Waals surface area contributed by atoms with E-state index in [1.165, 1.54) is 55.4 Å². The number of para-hydroxylation sites is 1. The van der Waals surface area contributed by atoms with Crippen LogP contribution in [0.3, 0.4) is 0 Å². The molecule has 4 rings (SSSR count). The third kappa shape index (κ3) is 2.90. The van der Waals surface area contributed by atoms with Gasteiger partial charge in [-0.05, 0) is 57.2 Å². The number of aromatic nitrogens is 2. The molecule has 2 aliphatic rings. The average molecular weight is 313 g/mol. The second-order valence-electron chi connectivity index (χ2n) is 7.17. The van der Waals surface area contributed by atoms with Gasteiger partial charge in [0, 0.05) is 31.7 Å². The van der Waals surface area contributed by atoms with E-state index in [1.54, 1.807) is 0 Å². The number of hydrogen-bond acceptors (Lipinski definition) is 3. The van der Waals surface area contributed by atoms with Crippen molar-refractivity contribution in [2.24, 2.45) is 5.41 Å². The first-order valence-corrected chi connectivity index (χ1v) is 9.04. The fourth-order valence-electron chi connectivity index (χ4n) is 4.26. The lowest BCUT2D eigenvalue weighted by atomic mass is 9.72. The molecule has 4 nitrogen and oxygen atoms in total. The van der Waals surface area contributed by atoms with Crippen LogP contribution in [0.2, 0.25) is 0 Å². The number of nitrogens with zero attached hydrogens (tertiary/aromatic N) is 3. The fraction of sp³-hybridized carbons (Fsp3) is 0.632. The highest BCUT2D eigenvalue weighted by molar-refractivity contribution is 5.81. The molecule has 0 N–H and O–H groups in total. The van der Waals surface area contributed by atoms with E-state index in [0.29, 0.717) is 5.41 Å². The van der Waals surface area contributed by atoms with Crippen molar-refractivity contribution < 1.29 is 4.74 Å². The molecule has 0 amide bonds. The van der Waals surface area contributed by atoms with Gasteiger partial charge in [-0.3, -0.25) is 9.58 Å². The Balaban J connectivity index is 1.47. The van der Waals surface area contributed by atoms with Crippen LogP contribution in [0.15, 0.2) is 24.3 Å². The molecule has 2 fully saturated rings. The van der Waals surface area contributed by atoms with Crippen molar-refractivity contribution in [3.05, 3.63) is 30.0 Å². The molecule has 0 saturated carbocycles. The van der Waals surface area contributed by atoms with Gasteiger partial charge in [-0.1, -0.05) is 18.2 Å². The zero-order valence-corrected chi connectivity index (χ0v) is 14.1. The highest BCUT2D eigenvalue weighted by Crippen LogP contribution is 2.40. The normalized spacial score (nSPS) is 22.0. The largest absolute Gasteiger partial charge is 0.381 e. The molecule has 1 spiro atoms. The van der Waals surface area contributed by atoms with Crippen LogP contribution in [0.1, 0.15) is 38.3 Å². The molecule has 4 heteroatoms. The van der Waals surface area contributed by atoms with Crippen molar-refractivity contribution in [3.63, 3.8) is 0 Å². The van der Waals surface area contributed by atoms with Gasteiger partial charge in [-0.25, -0.2) is 0 Å². The van der Waals surface area contributed by atoms with Gasteiger partial charge in [0.1, 0.15) is 0 Å². The summed E-state index contributed by atoms with van der Waals surface area (Å²) in [6, 6.07) is 8.63. The minimum atomic E-state index is 0.569. The number of rotatable bonds is 3. The second kappa shape index (κ2) is 6.25. The molecular formula is C19H27N3O. The topological polar surface area (TPSA) is 30.3 Å². The summed E-state index contributed by atoms with van der Waals surface area (Å²) in [5.41, 5.74) is 3.08. The smallest absolute Gasteiger partial charge is 0.0843 e. The fourth-order valence-corrected chi connectivity index (χ4v) is 4.26. The van der Waals surface area contributed by atoms with E-state index in [0.717, 1.165) is 26.3 Å². The minimum Gasteiger partial charge on any atom is -0.381 e. The van der Waals surface area contributed by atoms with E-state index in [2.05, 4.69) is 40.8 Å². The Morgan fingerprint density at radius 2 is 1.83 bits per heavy atom. The van der Waals surface area contributed by atoms with E-state index in [1.807, 2.05) is 0 Å². The van der Waals surface area contributed by atoms with Crippen molar-refractivity contribution in [2.45, 2.75) is 45.7 Å². The number of hydrogen-bond donors (Lipinski definition) is 0. The van der Waals surface area contributed by atoms with Gasteiger partial charge < -0.3 is 4.74 Å². The van der Waals surface area contributed by atoms with Crippen molar-refractivity contribution >= 4 is 10.9 Å². The molecule has 2 aliphatic heterocycles. The summed E-state index contributed by atoms with van der Waals surface area (Å²) >= 11 is 0. The van der Waals surface area contributed by atoms with Crippen LogP contribution >= 0.6 is 0 Å². The zero-order chi connectivity index (χ0) is 15.7. The van der Waals surface area contributed by atoms with Crippen molar-refractivity contribution in [1.29, 1.82) is 0 Å². The molecule has 0 unspecified atom stereocenters. The number of ether oxygens (including phenoxy) is 1. The minimum absolute atomic E-state index is 0.569. The van der Waals surface area contributed by atoms with Crippen molar-refractivity contribution in [1.82, 2.24) is 14.7 Å². The summed E-state index contributed by atoms with van der Waals surface area (Å²) in [4.78, 5) is 2.59. The third-order valence-corrected chi connectivity index (χ3v) is 5.88. The van der Waals surface area contributed by atoms with Gasteiger partial charge in [0.25, 0.3) is 0 Å². The lowest BCUT2D eigenvalue weighted by Crippen LogP contribution is -2.42. The Kier molecular flexibility index (Phi) is 4.12. The summed E-state index contributed by atoms with van der Waals surface area (Å²) in [7, 11) is 0. The first-order chi connectivity index (χ1) is 11.3. The summed E-state index contributed by atoms with van der Waals surface area (Å²) in [6.07, 6.45) is 5.16. The van der Waals surface area contributed by atoms with Crippen LogP contribution in [0.4, 0.5) is 0 Å². The number of likely N-dealkylation sites (tertiary alicyclic amines) is 1. The van der Waals surface area contributed by atoms with Crippen LogP contribution in [-0.4, -0.2) is 41.0 Å². The van der Waals surface area contributed by atoms with Crippen molar-refractivity contribution in [2.75, 3.05) is 26.3 Å². The molecular weight excluding hydrogens is 286 g/mol. The quantitative estimate of drug-likeness (QED) is 0.869. The zero-order valence-electron chi connectivity index (χ0n) is 14.1.